The summed E-state index contributed by atoms with van der Waals surface area (Å²) in [6, 6.07) is 22.1. The number of halogens is 1. The molecule has 0 amide bonds. The molecule has 0 unspecified atom stereocenters. The molecule has 30 heavy (non-hydrogen) atoms. The Bertz CT molecular complexity index is 992. The van der Waals surface area contributed by atoms with Crippen molar-refractivity contribution in [3.05, 3.63) is 88.9 Å². The van der Waals surface area contributed by atoms with Crippen molar-refractivity contribution >= 4 is 17.6 Å². The lowest BCUT2D eigenvalue weighted by Gasteiger charge is -2.13. The molecule has 0 radical (unpaired) electrons. The minimum Gasteiger partial charge on any atom is -0.492 e. The highest BCUT2D eigenvalue weighted by Crippen LogP contribution is 2.25. The second kappa shape index (κ2) is 10.8. The highest BCUT2D eigenvalue weighted by Gasteiger charge is 2.08. The van der Waals surface area contributed by atoms with Crippen LogP contribution < -0.4 is 10.1 Å². The Balaban J connectivity index is 1.51. The molecule has 0 aliphatic carbocycles. The molecule has 0 aromatic heterocycles. The number of hydrogen-bond donors (Lipinski definition) is 2. The molecule has 0 aliphatic rings. The van der Waals surface area contributed by atoms with E-state index >= 15 is 0 Å². The summed E-state index contributed by atoms with van der Waals surface area (Å²) in [4.78, 5) is 11.7. The molecule has 0 saturated carbocycles. The Hall–Kier alpha value is -2.86. The van der Waals surface area contributed by atoms with E-state index in [1.54, 1.807) is 24.3 Å². The molecule has 0 bridgehead atoms. The van der Waals surface area contributed by atoms with Crippen LogP contribution in [0, 0.1) is 0 Å². The van der Waals surface area contributed by atoms with Gasteiger partial charge in [0.1, 0.15) is 12.4 Å². The first kappa shape index (κ1) is 21.8. The van der Waals surface area contributed by atoms with Gasteiger partial charge >= 0.3 is 5.97 Å². The van der Waals surface area contributed by atoms with E-state index in [0.717, 1.165) is 22.4 Å². The minimum atomic E-state index is -0.630. The van der Waals surface area contributed by atoms with E-state index in [0.29, 0.717) is 30.3 Å². The molecule has 156 valence electrons. The van der Waals surface area contributed by atoms with Gasteiger partial charge in [-0.2, -0.15) is 0 Å². The van der Waals surface area contributed by atoms with E-state index in [9.17, 15) is 9.90 Å². The van der Waals surface area contributed by atoms with Gasteiger partial charge in [0.2, 0.25) is 0 Å². The Labute approximate surface area is 181 Å². The number of nitrogens with one attached hydrogen (secondary N) is 1. The highest BCUT2D eigenvalue weighted by molar-refractivity contribution is 6.30. The predicted molar refractivity (Wildman–Crippen MR) is 118 cm³/mol. The smallest absolute Gasteiger partial charge is 0.337 e. The third kappa shape index (κ3) is 6.07. The maximum absolute atomic E-state index is 11.7. The topological polar surface area (TPSA) is 67.8 Å². The van der Waals surface area contributed by atoms with Crippen LogP contribution in [0.4, 0.5) is 0 Å². The molecule has 0 heterocycles. The van der Waals surface area contributed by atoms with Crippen LogP contribution in [0.1, 0.15) is 22.0 Å². The van der Waals surface area contributed by atoms with E-state index in [-0.39, 0.29) is 5.97 Å². The number of carbonyl (C=O) groups is 1. The fraction of sp³-hybridized carbons (Fsp3) is 0.208. The first-order valence-electron chi connectivity index (χ1n) is 9.62. The molecule has 3 aromatic carbocycles. The highest BCUT2D eigenvalue weighted by atomic mass is 35.5. The van der Waals surface area contributed by atoms with Gasteiger partial charge in [-0.25, -0.2) is 4.79 Å². The maximum atomic E-state index is 11.7. The second-order valence-corrected chi connectivity index (χ2v) is 7.16. The van der Waals surface area contributed by atoms with Gasteiger partial charge in [-0.05, 0) is 53.1 Å². The lowest BCUT2D eigenvalue weighted by atomic mass is 10.0. The molecule has 2 N–H and O–H groups in total. The zero-order chi connectivity index (χ0) is 21.3. The van der Waals surface area contributed by atoms with Crippen molar-refractivity contribution < 1.29 is 19.4 Å². The summed E-state index contributed by atoms with van der Waals surface area (Å²) in [7, 11) is 1.37. The summed E-state index contributed by atoms with van der Waals surface area (Å²) >= 11 is 5.95. The predicted octanol–water partition coefficient (Wildman–Crippen LogP) is 4.50. The molecule has 5 nitrogen and oxygen atoms in total. The van der Waals surface area contributed by atoms with Crippen LogP contribution in [0.5, 0.6) is 5.75 Å². The number of methoxy groups -OCH3 is 1. The normalized spacial score (nSPS) is 11.7. The lowest BCUT2D eigenvalue weighted by Crippen LogP contribution is -2.26. The van der Waals surface area contributed by atoms with E-state index < -0.39 is 6.10 Å². The van der Waals surface area contributed by atoms with E-state index in [1.807, 2.05) is 48.5 Å². The van der Waals surface area contributed by atoms with Crippen molar-refractivity contribution in [2.45, 2.75) is 6.10 Å². The van der Waals surface area contributed by atoms with Gasteiger partial charge in [-0.1, -0.05) is 48.0 Å². The van der Waals surface area contributed by atoms with Crippen LogP contribution in [-0.2, 0) is 4.74 Å². The zero-order valence-electron chi connectivity index (χ0n) is 16.7. The van der Waals surface area contributed by atoms with Gasteiger partial charge in [-0.15, -0.1) is 0 Å². The van der Waals surface area contributed by atoms with Crippen LogP contribution in [0.25, 0.3) is 11.1 Å². The van der Waals surface area contributed by atoms with E-state index in [1.165, 1.54) is 7.11 Å². The molecular weight excluding hydrogens is 402 g/mol. The lowest BCUT2D eigenvalue weighted by molar-refractivity contribution is 0.0601. The summed E-state index contributed by atoms with van der Waals surface area (Å²) in [6.07, 6.45) is -0.630. The molecule has 3 rings (SSSR count). The van der Waals surface area contributed by atoms with E-state index in [4.69, 9.17) is 21.1 Å². The summed E-state index contributed by atoms with van der Waals surface area (Å²) < 4.78 is 10.6. The van der Waals surface area contributed by atoms with Crippen molar-refractivity contribution in [1.29, 1.82) is 0 Å². The quantitative estimate of drug-likeness (QED) is 0.390. The average Bonchev–Trinajstić information content (AvgIpc) is 2.78. The third-order valence-electron chi connectivity index (χ3n) is 4.57. The molecule has 0 fully saturated rings. The monoisotopic (exact) mass is 425 g/mol. The standard InChI is InChI=1S/C24H24ClNO4/c1-29-24(28)20-8-2-5-17(13-20)18-6-4-10-22(15-18)30-12-11-26-16-23(27)19-7-3-9-21(25)14-19/h2-10,13-15,23,26-27H,11-12,16H2,1H3/t23-/m0/s1. The van der Waals surface area contributed by atoms with Crippen LogP contribution in [0.2, 0.25) is 5.02 Å². The van der Waals surface area contributed by atoms with Gasteiger partial charge in [0.25, 0.3) is 0 Å². The van der Waals surface area contributed by atoms with Gasteiger partial charge in [0, 0.05) is 18.1 Å². The van der Waals surface area contributed by atoms with Crippen LogP contribution in [0.15, 0.2) is 72.8 Å². The molecule has 3 aromatic rings. The maximum Gasteiger partial charge on any atom is 0.337 e. The second-order valence-electron chi connectivity index (χ2n) is 6.72. The van der Waals surface area contributed by atoms with Gasteiger partial charge in [0.15, 0.2) is 0 Å². The molecular formula is C24H24ClNO4. The number of aliphatic hydroxyl groups excluding tert-OH is 1. The third-order valence-corrected chi connectivity index (χ3v) is 4.80. The number of hydrogen-bond acceptors (Lipinski definition) is 5. The largest absolute Gasteiger partial charge is 0.492 e. The van der Waals surface area contributed by atoms with Crippen molar-refractivity contribution in [2.24, 2.45) is 0 Å². The fourth-order valence-corrected chi connectivity index (χ4v) is 3.22. The van der Waals surface area contributed by atoms with Crippen molar-refractivity contribution in [1.82, 2.24) is 5.32 Å². The summed E-state index contributed by atoms with van der Waals surface area (Å²) in [6.45, 7) is 1.44. The first-order chi connectivity index (χ1) is 14.6. The van der Waals surface area contributed by atoms with Crippen LogP contribution in [0.3, 0.4) is 0 Å². The van der Waals surface area contributed by atoms with E-state index in [2.05, 4.69) is 5.32 Å². The fourth-order valence-electron chi connectivity index (χ4n) is 3.02. The van der Waals surface area contributed by atoms with Crippen LogP contribution in [-0.4, -0.2) is 37.9 Å². The molecule has 0 saturated heterocycles. The SMILES string of the molecule is COC(=O)c1cccc(-c2cccc(OCCNC[C@H](O)c3cccc(Cl)c3)c2)c1. The van der Waals surface area contributed by atoms with Gasteiger partial charge in [0.05, 0.1) is 18.8 Å². The Morgan fingerprint density at radius 2 is 1.77 bits per heavy atom. The first-order valence-corrected chi connectivity index (χ1v) is 10.0. The molecule has 1 atom stereocenters. The number of carbonyl (C=O) groups excluding carboxylic acids is 1. The zero-order valence-corrected chi connectivity index (χ0v) is 17.4. The number of rotatable bonds is 9. The Kier molecular flexibility index (Phi) is 7.85. The molecule has 6 heteroatoms. The van der Waals surface area contributed by atoms with Gasteiger partial charge < -0.3 is 19.9 Å². The van der Waals surface area contributed by atoms with Crippen molar-refractivity contribution in [3.63, 3.8) is 0 Å². The number of esters is 1. The number of aliphatic hydroxyl groups is 1. The van der Waals surface area contributed by atoms with Crippen LogP contribution >= 0.6 is 11.6 Å². The van der Waals surface area contributed by atoms with Crippen molar-refractivity contribution in [3.8, 4) is 16.9 Å². The number of ether oxygens (including phenoxy) is 2. The summed E-state index contributed by atoms with van der Waals surface area (Å²) in [5, 5.41) is 14.0. The Morgan fingerprint density at radius 1 is 1.03 bits per heavy atom. The molecule has 0 spiro atoms. The summed E-state index contributed by atoms with van der Waals surface area (Å²) in [5.41, 5.74) is 3.13. The van der Waals surface area contributed by atoms with Gasteiger partial charge in [-0.3, -0.25) is 0 Å². The minimum absolute atomic E-state index is 0.365. The summed E-state index contributed by atoms with van der Waals surface area (Å²) in [5.74, 6) is 0.364. The van der Waals surface area contributed by atoms with Crippen molar-refractivity contribution in [2.75, 3.05) is 26.8 Å². The molecule has 0 aliphatic heterocycles. The average molecular weight is 426 g/mol. The number of benzene rings is 3. The Morgan fingerprint density at radius 3 is 2.53 bits per heavy atom.